The molecule has 0 spiro atoms. The summed E-state index contributed by atoms with van der Waals surface area (Å²) < 4.78 is 11.8. The van der Waals surface area contributed by atoms with Crippen molar-refractivity contribution in [3.63, 3.8) is 0 Å². The smallest absolute Gasteiger partial charge is 0.173 e. The van der Waals surface area contributed by atoms with E-state index in [2.05, 4.69) is 22.2 Å². The molecule has 0 atom stereocenters. The molecule has 5 rings (SSSR count). The molecule has 6 heteroatoms. The van der Waals surface area contributed by atoms with Gasteiger partial charge in [0.2, 0.25) is 0 Å². The first-order chi connectivity index (χ1) is 16.6. The molecule has 178 valence electrons. The van der Waals surface area contributed by atoms with Crippen molar-refractivity contribution in [1.82, 2.24) is 10.1 Å². The Morgan fingerprint density at radius 2 is 1.94 bits per heavy atom. The van der Waals surface area contributed by atoms with Gasteiger partial charge in [0.25, 0.3) is 0 Å². The predicted octanol–water partition coefficient (Wildman–Crippen LogP) is 5.00. The molecule has 2 fully saturated rings. The van der Waals surface area contributed by atoms with Crippen LogP contribution in [0.25, 0.3) is 11.0 Å². The second kappa shape index (κ2) is 9.77. The number of aryl methyl sites for hydroxylation is 2. The maximum Gasteiger partial charge on any atom is 0.173 e. The fourth-order valence-electron chi connectivity index (χ4n) is 5.13. The molecular formula is C28H33N3O3. The lowest BCUT2D eigenvalue weighted by Crippen LogP contribution is -2.38. The molecule has 3 aromatic rings. The largest absolute Gasteiger partial charge is 0.488 e. The number of aliphatic hydroxyl groups excluding tert-OH is 1. The molecule has 1 saturated heterocycles. The van der Waals surface area contributed by atoms with Crippen LogP contribution in [0, 0.1) is 29.6 Å². The van der Waals surface area contributed by atoms with Gasteiger partial charge in [-0.05, 0) is 94.3 Å². The monoisotopic (exact) mass is 459 g/mol. The number of hydrogen-bond donors (Lipinski definition) is 1. The zero-order valence-corrected chi connectivity index (χ0v) is 19.9. The lowest BCUT2D eigenvalue weighted by atomic mass is 9.90. The Balaban J connectivity index is 1.15. The summed E-state index contributed by atoms with van der Waals surface area (Å²) in [6.07, 6.45) is 6.89. The molecule has 0 amide bonds. The average Bonchev–Trinajstić information content (AvgIpc) is 3.53. The Labute approximate surface area is 201 Å². The van der Waals surface area contributed by atoms with Crippen molar-refractivity contribution in [3.8, 4) is 11.8 Å². The number of piperidine rings is 1. The van der Waals surface area contributed by atoms with Gasteiger partial charge in [0.15, 0.2) is 5.58 Å². The van der Waals surface area contributed by atoms with E-state index in [1.807, 2.05) is 25.1 Å². The van der Waals surface area contributed by atoms with Gasteiger partial charge >= 0.3 is 0 Å². The number of likely N-dealkylation sites (tertiary alicyclic amines) is 1. The molecule has 0 unspecified atom stereocenters. The van der Waals surface area contributed by atoms with E-state index in [0.29, 0.717) is 18.8 Å². The molecule has 1 aliphatic carbocycles. The number of aliphatic hydroxyl groups is 1. The van der Waals surface area contributed by atoms with Crippen molar-refractivity contribution < 1.29 is 14.4 Å². The Morgan fingerprint density at radius 1 is 1.18 bits per heavy atom. The second-order valence-electron chi connectivity index (χ2n) is 10.2. The molecule has 2 aliphatic rings. The first-order valence-electron chi connectivity index (χ1n) is 12.4. The summed E-state index contributed by atoms with van der Waals surface area (Å²) in [5, 5.41) is 24.0. The Morgan fingerprint density at radius 3 is 2.62 bits per heavy atom. The molecular weight excluding hydrogens is 426 g/mol. The van der Waals surface area contributed by atoms with Crippen LogP contribution in [-0.2, 0) is 13.0 Å². The third kappa shape index (κ3) is 4.96. The minimum Gasteiger partial charge on any atom is -0.488 e. The second-order valence-corrected chi connectivity index (χ2v) is 10.2. The molecule has 1 aromatic heterocycles. The van der Waals surface area contributed by atoms with Crippen molar-refractivity contribution in [1.29, 1.82) is 5.26 Å². The van der Waals surface area contributed by atoms with Crippen molar-refractivity contribution in [2.45, 2.75) is 52.1 Å². The van der Waals surface area contributed by atoms with Crippen LogP contribution in [0.5, 0.6) is 5.75 Å². The first-order valence-corrected chi connectivity index (χ1v) is 12.4. The van der Waals surface area contributed by atoms with Gasteiger partial charge in [0.05, 0.1) is 17.3 Å². The Hall–Kier alpha value is -2.88. The highest BCUT2D eigenvalue weighted by atomic mass is 16.5. The van der Waals surface area contributed by atoms with Crippen LogP contribution < -0.4 is 4.74 Å². The topological polar surface area (TPSA) is 82.5 Å². The standard InChI is InChI=1S/C28H33N3O3/c1-20-26(33-17-23-4-2-22(16-29)3-5-23)9-7-24-25(30-34-27(20)24)8-6-21-10-14-31(15-11-21)18-28(19-32)12-13-28/h2-5,7,9,21,32H,6,8,10-15,17-19H2,1H3. The van der Waals surface area contributed by atoms with Gasteiger partial charge in [0, 0.05) is 29.5 Å². The lowest BCUT2D eigenvalue weighted by molar-refractivity contribution is 0.115. The van der Waals surface area contributed by atoms with E-state index in [4.69, 9.17) is 14.5 Å². The molecule has 34 heavy (non-hydrogen) atoms. The molecule has 0 radical (unpaired) electrons. The van der Waals surface area contributed by atoms with Gasteiger partial charge in [-0.1, -0.05) is 17.3 Å². The zero-order chi connectivity index (χ0) is 23.5. The van der Waals surface area contributed by atoms with Crippen LogP contribution in [0.4, 0.5) is 0 Å². The number of hydrogen-bond acceptors (Lipinski definition) is 6. The van der Waals surface area contributed by atoms with E-state index in [1.165, 1.54) is 25.7 Å². The number of nitriles is 1. The van der Waals surface area contributed by atoms with Crippen LogP contribution >= 0.6 is 0 Å². The fourth-order valence-corrected chi connectivity index (χ4v) is 5.13. The lowest BCUT2D eigenvalue weighted by Gasteiger charge is -2.34. The molecule has 0 bridgehead atoms. The van der Waals surface area contributed by atoms with E-state index in [1.54, 1.807) is 12.1 Å². The summed E-state index contributed by atoms with van der Waals surface area (Å²) in [5.41, 5.74) is 4.70. The molecule has 2 heterocycles. The van der Waals surface area contributed by atoms with Crippen LogP contribution in [0.1, 0.15) is 54.5 Å². The number of fused-ring (bicyclic) bond motifs is 1. The minimum atomic E-state index is 0.217. The summed E-state index contributed by atoms with van der Waals surface area (Å²) in [5.74, 6) is 1.52. The summed E-state index contributed by atoms with van der Waals surface area (Å²) in [6, 6.07) is 13.7. The van der Waals surface area contributed by atoms with Gasteiger partial charge in [-0.3, -0.25) is 0 Å². The number of rotatable bonds is 9. The Kier molecular flexibility index (Phi) is 6.58. The predicted molar refractivity (Wildman–Crippen MR) is 130 cm³/mol. The van der Waals surface area contributed by atoms with Crippen LogP contribution in [0.3, 0.4) is 0 Å². The zero-order valence-electron chi connectivity index (χ0n) is 19.9. The first kappa shape index (κ1) is 22.9. The van der Waals surface area contributed by atoms with E-state index >= 15 is 0 Å². The molecule has 1 aliphatic heterocycles. The van der Waals surface area contributed by atoms with E-state index < -0.39 is 0 Å². The van der Waals surface area contributed by atoms with Gasteiger partial charge in [-0.25, -0.2) is 0 Å². The summed E-state index contributed by atoms with van der Waals surface area (Å²) >= 11 is 0. The van der Waals surface area contributed by atoms with Crippen molar-refractivity contribution in [2.75, 3.05) is 26.2 Å². The van der Waals surface area contributed by atoms with Gasteiger partial charge in [-0.15, -0.1) is 0 Å². The van der Waals surface area contributed by atoms with Crippen LogP contribution in [0.2, 0.25) is 0 Å². The van der Waals surface area contributed by atoms with E-state index in [9.17, 15) is 5.11 Å². The third-order valence-electron chi connectivity index (χ3n) is 7.74. The Bertz CT molecular complexity index is 1170. The van der Waals surface area contributed by atoms with Crippen LogP contribution in [0.15, 0.2) is 40.9 Å². The van der Waals surface area contributed by atoms with Crippen molar-refractivity contribution >= 4 is 11.0 Å². The molecule has 2 aromatic carbocycles. The third-order valence-corrected chi connectivity index (χ3v) is 7.74. The number of benzene rings is 2. The van der Waals surface area contributed by atoms with Gasteiger partial charge < -0.3 is 19.3 Å². The highest BCUT2D eigenvalue weighted by Crippen LogP contribution is 2.46. The maximum absolute atomic E-state index is 9.59. The van der Waals surface area contributed by atoms with Gasteiger partial charge in [-0.2, -0.15) is 5.26 Å². The van der Waals surface area contributed by atoms with Crippen molar-refractivity contribution in [3.05, 3.63) is 58.8 Å². The number of nitrogens with zero attached hydrogens (tertiary/aromatic N) is 3. The fraction of sp³-hybridized carbons (Fsp3) is 0.500. The summed E-state index contributed by atoms with van der Waals surface area (Å²) in [6.45, 7) is 6.15. The molecule has 1 N–H and O–H groups in total. The maximum atomic E-state index is 9.59. The molecule has 6 nitrogen and oxygen atoms in total. The van der Waals surface area contributed by atoms with E-state index in [-0.39, 0.29) is 5.41 Å². The molecule has 1 saturated carbocycles. The summed E-state index contributed by atoms with van der Waals surface area (Å²) in [7, 11) is 0. The normalized spacial score (nSPS) is 18.1. The number of ether oxygens (including phenoxy) is 1. The SMILES string of the molecule is Cc1c(OCc2ccc(C#N)cc2)ccc2c(CCC3CCN(CC4(CO)CC4)CC3)noc12. The van der Waals surface area contributed by atoms with Crippen LogP contribution in [-0.4, -0.2) is 41.4 Å². The number of aromatic nitrogens is 1. The highest BCUT2D eigenvalue weighted by molar-refractivity contribution is 5.84. The summed E-state index contributed by atoms with van der Waals surface area (Å²) in [4.78, 5) is 2.55. The quantitative estimate of drug-likeness (QED) is 0.485. The minimum absolute atomic E-state index is 0.217. The van der Waals surface area contributed by atoms with E-state index in [0.717, 1.165) is 71.9 Å². The van der Waals surface area contributed by atoms with Crippen molar-refractivity contribution in [2.24, 2.45) is 11.3 Å². The van der Waals surface area contributed by atoms with Gasteiger partial charge in [0.1, 0.15) is 12.4 Å². The highest BCUT2D eigenvalue weighted by Gasteiger charge is 2.43. The average molecular weight is 460 g/mol.